The number of amides is 1. The molecule has 4 heteroatoms. The number of anilines is 1. The lowest BCUT2D eigenvalue weighted by molar-refractivity contribution is -0.117. The van der Waals surface area contributed by atoms with Gasteiger partial charge in [-0.15, -0.1) is 0 Å². The molecule has 2 rings (SSSR count). The van der Waals surface area contributed by atoms with E-state index in [0.29, 0.717) is 6.42 Å². The van der Waals surface area contributed by atoms with Gasteiger partial charge in [0.1, 0.15) is 0 Å². The number of benzene rings is 1. The molecular formula is C19H30N2O2. The zero-order chi connectivity index (χ0) is 16.9. The van der Waals surface area contributed by atoms with Gasteiger partial charge in [-0.3, -0.25) is 4.79 Å². The van der Waals surface area contributed by atoms with Crippen molar-refractivity contribution in [1.29, 1.82) is 0 Å². The molecule has 128 valence electrons. The van der Waals surface area contributed by atoms with Crippen molar-refractivity contribution in [2.75, 3.05) is 24.6 Å². The number of hydrogen-bond acceptors (Lipinski definition) is 3. The first-order valence-corrected chi connectivity index (χ1v) is 8.67. The Balaban J connectivity index is 1.87. The molecule has 23 heavy (non-hydrogen) atoms. The fourth-order valence-corrected chi connectivity index (χ4v) is 2.97. The van der Waals surface area contributed by atoms with Crippen LogP contribution < -0.4 is 10.2 Å². The van der Waals surface area contributed by atoms with Gasteiger partial charge in [0.2, 0.25) is 5.91 Å². The second kappa shape index (κ2) is 7.93. The van der Waals surface area contributed by atoms with Gasteiger partial charge in [-0.1, -0.05) is 26.0 Å². The highest BCUT2D eigenvalue weighted by Gasteiger charge is 2.22. The van der Waals surface area contributed by atoms with Crippen LogP contribution in [-0.4, -0.2) is 30.7 Å². The molecule has 1 heterocycles. The van der Waals surface area contributed by atoms with Gasteiger partial charge in [0.25, 0.3) is 0 Å². The largest absolute Gasteiger partial charge is 0.396 e. The molecule has 1 unspecified atom stereocenters. The number of hydrogen-bond donors (Lipinski definition) is 2. The van der Waals surface area contributed by atoms with E-state index in [9.17, 15) is 9.90 Å². The van der Waals surface area contributed by atoms with E-state index in [0.717, 1.165) is 38.0 Å². The minimum absolute atomic E-state index is 0.000942. The smallest absolute Gasteiger partial charge is 0.227 e. The van der Waals surface area contributed by atoms with Crippen molar-refractivity contribution >= 4 is 11.6 Å². The fourth-order valence-electron chi connectivity index (χ4n) is 2.97. The topological polar surface area (TPSA) is 52.6 Å². The summed E-state index contributed by atoms with van der Waals surface area (Å²) in [7, 11) is 0. The number of nitrogens with one attached hydrogen (secondary N) is 1. The maximum atomic E-state index is 11.9. The van der Waals surface area contributed by atoms with Gasteiger partial charge in [0.05, 0.1) is 0 Å². The van der Waals surface area contributed by atoms with E-state index < -0.39 is 0 Å². The minimum Gasteiger partial charge on any atom is -0.396 e. The Morgan fingerprint density at radius 1 is 1.39 bits per heavy atom. The molecule has 1 fully saturated rings. The standard InChI is InChI=1S/C19H30N2O2/c1-15(20-11-6-10-19(2,3)14-22)16-7-4-8-17(13-16)21-12-5-9-18(21)23/h4,7-8,13,15,20,22H,5-6,9-12,14H2,1-3H3. The number of carbonyl (C=O) groups is 1. The summed E-state index contributed by atoms with van der Waals surface area (Å²) < 4.78 is 0. The summed E-state index contributed by atoms with van der Waals surface area (Å²) in [6, 6.07) is 8.54. The van der Waals surface area contributed by atoms with Gasteiger partial charge in [-0.25, -0.2) is 0 Å². The van der Waals surface area contributed by atoms with Crippen molar-refractivity contribution in [2.45, 2.75) is 52.5 Å². The Kier molecular flexibility index (Phi) is 6.19. The molecule has 0 bridgehead atoms. The van der Waals surface area contributed by atoms with Crippen LogP contribution in [-0.2, 0) is 4.79 Å². The summed E-state index contributed by atoms with van der Waals surface area (Å²) in [5.74, 6) is 0.231. The van der Waals surface area contributed by atoms with Crippen LogP contribution in [0.3, 0.4) is 0 Å². The van der Waals surface area contributed by atoms with Crippen LogP contribution in [0.25, 0.3) is 0 Å². The summed E-state index contributed by atoms with van der Waals surface area (Å²) in [4.78, 5) is 13.8. The summed E-state index contributed by atoms with van der Waals surface area (Å²) in [6.45, 7) is 8.33. The second-order valence-corrected chi connectivity index (χ2v) is 7.35. The molecule has 4 nitrogen and oxygen atoms in total. The van der Waals surface area contributed by atoms with Crippen LogP contribution in [0, 0.1) is 5.41 Å². The average molecular weight is 318 g/mol. The number of rotatable bonds is 8. The van der Waals surface area contributed by atoms with E-state index in [2.05, 4.69) is 38.2 Å². The number of aliphatic hydroxyl groups excluding tert-OH is 1. The Labute approximate surface area is 139 Å². The van der Waals surface area contributed by atoms with Crippen molar-refractivity contribution < 1.29 is 9.90 Å². The summed E-state index contributed by atoms with van der Waals surface area (Å²) in [5.41, 5.74) is 2.23. The molecule has 2 N–H and O–H groups in total. The van der Waals surface area contributed by atoms with Gasteiger partial charge in [-0.05, 0) is 55.8 Å². The molecule has 0 radical (unpaired) electrons. The van der Waals surface area contributed by atoms with Crippen molar-refractivity contribution in [3.8, 4) is 0 Å². The number of carbonyl (C=O) groups excluding carboxylic acids is 1. The summed E-state index contributed by atoms with van der Waals surface area (Å²) >= 11 is 0. The van der Waals surface area contributed by atoms with Crippen molar-refractivity contribution in [2.24, 2.45) is 5.41 Å². The summed E-state index contributed by atoms with van der Waals surface area (Å²) in [5, 5.41) is 12.8. The van der Waals surface area contributed by atoms with Gasteiger partial charge < -0.3 is 15.3 Å². The van der Waals surface area contributed by atoms with Gasteiger partial charge in [0, 0.05) is 31.3 Å². The van der Waals surface area contributed by atoms with E-state index in [1.807, 2.05) is 17.0 Å². The molecule has 1 aromatic carbocycles. The monoisotopic (exact) mass is 318 g/mol. The normalized spacial score (nSPS) is 16.9. The average Bonchev–Trinajstić information content (AvgIpc) is 2.97. The quantitative estimate of drug-likeness (QED) is 0.723. The highest BCUT2D eigenvalue weighted by Crippen LogP contribution is 2.25. The Bertz CT molecular complexity index is 528. The Hall–Kier alpha value is -1.39. The van der Waals surface area contributed by atoms with Gasteiger partial charge in [-0.2, -0.15) is 0 Å². The third kappa shape index (κ3) is 5.05. The minimum atomic E-state index is 0.000942. The van der Waals surface area contributed by atoms with Crippen LogP contribution in [0.2, 0.25) is 0 Å². The number of aliphatic hydroxyl groups is 1. The molecular weight excluding hydrogens is 288 g/mol. The third-order valence-electron chi connectivity index (χ3n) is 4.66. The molecule has 1 amide bonds. The van der Waals surface area contributed by atoms with Crippen LogP contribution in [0.5, 0.6) is 0 Å². The molecule has 0 aliphatic carbocycles. The highest BCUT2D eigenvalue weighted by molar-refractivity contribution is 5.95. The molecule has 1 aliphatic heterocycles. The van der Waals surface area contributed by atoms with Crippen LogP contribution in [0.15, 0.2) is 24.3 Å². The van der Waals surface area contributed by atoms with Crippen LogP contribution in [0.1, 0.15) is 58.1 Å². The zero-order valence-corrected chi connectivity index (χ0v) is 14.6. The lowest BCUT2D eigenvalue weighted by Crippen LogP contribution is -2.25. The summed E-state index contributed by atoms with van der Waals surface area (Å²) in [6.07, 6.45) is 3.67. The lowest BCUT2D eigenvalue weighted by Gasteiger charge is -2.22. The molecule has 0 saturated carbocycles. The van der Waals surface area contributed by atoms with E-state index in [4.69, 9.17) is 0 Å². The third-order valence-corrected chi connectivity index (χ3v) is 4.66. The zero-order valence-electron chi connectivity index (χ0n) is 14.6. The Morgan fingerprint density at radius 2 is 2.17 bits per heavy atom. The molecule has 1 aliphatic rings. The van der Waals surface area contributed by atoms with E-state index >= 15 is 0 Å². The Morgan fingerprint density at radius 3 is 2.83 bits per heavy atom. The lowest BCUT2D eigenvalue weighted by atomic mass is 9.89. The first-order chi connectivity index (χ1) is 10.9. The molecule has 0 aromatic heterocycles. The van der Waals surface area contributed by atoms with Crippen molar-refractivity contribution in [1.82, 2.24) is 5.32 Å². The van der Waals surface area contributed by atoms with Gasteiger partial charge >= 0.3 is 0 Å². The number of nitrogens with zero attached hydrogens (tertiary/aromatic N) is 1. The van der Waals surface area contributed by atoms with Crippen molar-refractivity contribution in [3.63, 3.8) is 0 Å². The van der Waals surface area contributed by atoms with Gasteiger partial charge in [0.15, 0.2) is 0 Å². The fraction of sp³-hybridized carbons (Fsp3) is 0.632. The van der Waals surface area contributed by atoms with Crippen LogP contribution >= 0.6 is 0 Å². The van der Waals surface area contributed by atoms with E-state index in [1.54, 1.807) is 0 Å². The first-order valence-electron chi connectivity index (χ1n) is 8.67. The maximum Gasteiger partial charge on any atom is 0.227 e. The highest BCUT2D eigenvalue weighted by atomic mass is 16.3. The van der Waals surface area contributed by atoms with Crippen molar-refractivity contribution in [3.05, 3.63) is 29.8 Å². The molecule has 1 saturated heterocycles. The van der Waals surface area contributed by atoms with Crippen LogP contribution in [0.4, 0.5) is 5.69 Å². The maximum absolute atomic E-state index is 11.9. The second-order valence-electron chi connectivity index (χ2n) is 7.35. The predicted molar refractivity (Wildman–Crippen MR) is 94.5 cm³/mol. The van der Waals surface area contributed by atoms with E-state index in [-0.39, 0.29) is 24.0 Å². The molecule has 0 spiro atoms. The predicted octanol–water partition coefficient (Wildman–Crippen LogP) is 3.26. The molecule has 1 atom stereocenters. The first kappa shape index (κ1) is 18.0. The van der Waals surface area contributed by atoms with E-state index in [1.165, 1.54) is 5.56 Å². The SMILES string of the molecule is CC(NCCCC(C)(C)CO)c1cccc(N2CCCC2=O)c1. The molecule has 1 aromatic rings.